The Kier molecular flexibility index (Phi) is 6.87. The van der Waals surface area contributed by atoms with Gasteiger partial charge in [0.2, 0.25) is 5.91 Å². The van der Waals surface area contributed by atoms with Crippen LogP contribution < -0.4 is 0 Å². The van der Waals surface area contributed by atoms with Crippen LogP contribution in [0.25, 0.3) is 16.9 Å². The van der Waals surface area contributed by atoms with E-state index in [1.807, 2.05) is 94.6 Å². The van der Waals surface area contributed by atoms with Crippen LogP contribution in [0.5, 0.6) is 0 Å². The molecule has 0 aliphatic carbocycles. The van der Waals surface area contributed by atoms with Crippen LogP contribution >= 0.6 is 11.6 Å². The normalized spacial score (nSPS) is 13.3. The SMILES string of the molecule is CN(Cc1cn(-c2ccccc2)nc1-c1ccc(Cl)cc1)C(=O)c1cccc(CN2CCCC2=O)c1. The number of benzene rings is 3. The molecule has 0 N–H and O–H groups in total. The van der Waals surface area contributed by atoms with E-state index in [2.05, 4.69) is 0 Å². The Bertz CT molecular complexity index is 1380. The lowest BCUT2D eigenvalue weighted by molar-refractivity contribution is -0.128. The second-order valence-electron chi connectivity index (χ2n) is 9.07. The van der Waals surface area contributed by atoms with Gasteiger partial charge in [-0.2, -0.15) is 5.10 Å². The van der Waals surface area contributed by atoms with Crippen molar-refractivity contribution < 1.29 is 9.59 Å². The molecule has 0 bridgehead atoms. The summed E-state index contributed by atoms with van der Waals surface area (Å²) in [6.07, 6.45) is 3.47. The van der Waals surface area contributed by atoms with Crippen LogP contribution in [0.2, 0.25) is 5.02 Å². The van der Waals surface area contributed by atoms with E-state index in [-0.39, 0.29) is 11.8 Å². The Morgan fingerprint density at radius 3 is 2.53 bits per heavy atom. The first-order valence-electron chi connectivity index (χ1n) is 12.0. The third-order valence-corrected chi connectivity index (χ3v) is 6.65. The van der Waals surface area contributed by atoms with Crippen LogP contribution in [0.1, 0.15) is 34.3 Å². The lowest BCUT2D eigenvalue weighted by atomic mass is 10.1. The zero-order valence-electron chi connectivity index (χ0n) is 20.1. The maximum absolute atomic E-state index is 13.4. The van der Waals surface area contributed by atoms with E-state index < -0.39 is 0 Å². The summed E-state index contributed by atoms with van der Waals surface area (Å²) >= 11 is 6.11. The molecule has 3 aromatic carbocycles. The van der Waals surface area contributed by atoms with E-state index in [4.69, 9.17) is 16.7 Å². The molecule has 36 heavy (non-hydrogen) atoms. The number of nitrogens with zero attached hydrogens (tertiary/aromatic N) is 4. The third kappa shape index (κ3) is 5.19. The fraction of sp³-hybridized carbons (Fsp3) is 0.207. The van der Waals surface area contributed by atoms with Gasteiger partial charge in [0.25, 0.3) is 5.91 Å². The molecule has 1 aliphatic heterocycles. The van der Waals surface area contributed by atoms with E-state index in [0.717, 1.165) is 41.0 Å². The lowest BCUT2D eigenvalue weighted by Crippen LogP contribution is -2.27. The van der Waals surface area contributed by atoms with Gasteiger partial charge in [-0.25, -0.2) is 4.68 Å². The number of amides is 2. The molecule has 5 rings (SSSR count). The molecule has 1 aromatic heterocycles. The molecule has 0 saturated carbocycles. The van der Waals surface area contributed by atoms with E-state index in [9.17, 15) is 9.59 Å². The fourth-order valence-electron chi connectivity index (χ4n) is 4.53. The molecule has 1 saturated heterocycles. The van der Waals surface area contributed by atoms with Crippen LogP contribution in [0, 0.1) is 0 Å². The summed E-state index contributed by atoms with van der Waals surface area (Å²) < 4.78 is 1.84. The summed E-state index contributed by atoms with van der Waals surface area (Å²) in [5.41, 5.74) is 5.17. The number of rotatable bonds is 7. The average Bonchev–Trinajstić information content (AvgIpc) is 3.50. The van der Waals surface area contributed by atoms with Crippen molar-refractivity contribution >= 4 is 23.4 Å². The molecule has 2 amide bonds. The van der Waals surface area contributed by atoms with Gasteiger partial charge in [0.05, 0.1) is 11.4 Å². The standard InChI is InChI=1S/C29H27ClN4O2/c1-32(29(36)23-8-5-7-21(17-23)18-33-16-6-11-27(33)35)19-24-20-34(26-9-3-2-4-10-26)31-28(24)22-12-14-25(30)15-13-22/h2-5,7-10,12-15,17,20H,6,11,16,18-19H2,1H3. The molecule has 0 radical (unpaired) electrons. The molecular formula is C29H27ClN4O2. The van der Waals surface area contributed by atoms with Crippen molar-refractivity contribution in [3.63, 3.8) is 0 Å². The smallest absolute Gasteiger partial charge is 0.253 e. The Labute approximate surface area is 215 Å². The zero-order chi connectivity index (χ0) is 25.1. The average molecular weight is 499 g/mol. The monoisotopic (exact) mass is 498 g/mol. The highest BCUT2D eigenvalue weighted by atomic mass is 35.5. The van der Waals surface area contributed by atoms with Crippen molar-refractivity contribution in [2.45, 2.75) is 25.9 Å². The van der Waals surface area contributed by atoms with Crippen molar-refractivity contribution in [3.05, 3.63) is 107 Å². The molecule has 0 unspecified atom stereocenters. The number of hydrogen-bond donors (Lipinski definition) is 0. The fourth-order valence-corrected chi connectivity index (χ4v) is 4.66. The Morgan fingerprint density at radius 2 is 1.81 bits per heavy atom. The van der Waals surface area contributed by atoms with Crippen molar-refractivity contribution in [2.24, 2.45) is 0 Å². The summed E-state index contributed by atoms with van der Waals surface area (Å²) in [6.45, 7) is 1.70. The van der Waals surface area contributed by atoms with Gasteiger partial charge in [0, 0.05) is 61.0 Å². The van der Waals surface area contributed by atoms with Crippen LogP contribution in [0.15, 0.2) is 85.1 Å². The molecule has 0 atom stereocenters. The minimum Gasteiger partial charge on any atom is -0.338 e. The lowest BCUT2D eigenvalue weighted by Gasteiger charge is -2.19. The topological polar surface area (TPSA) is 58.4 Å². The Morgan fingerprint density at radius 1 is 1.03 bits per heavy atom. The van der Waals surface area contributed by atoms with Crippen molar-refractivity contribution in [2.75, 3.05) is 13.6 Å². The molecule has 0 spiro atoms. The van der Waals surface area contributed by atoms with E-state index in [1.165, 1.54) is 0 Å². The van der Waals surface area contributed by atoms with Gasteiger partial charge in [0.15, 0.2) is 0 Å². The van der Waals surface area contributed by atoms with Gasteiger partial charge in [-0.3, -0.25) is 9.59 Å². The van der Waals surface area contributed by atoms with E-state index in [1.54, 1.807) is 11.9 Å². The summed E-state index contributed by atoms with van der Waals surface area (Å²) in [4.78, 5) is 28.9. The number of likely N-dealkylation sites (tertiary alicyclic amines) is 1. The van der Waals surface area contributed by atoms with Gasteiger partial charge in [-0.1, -0.05) is 54.1 Å². The third-order valence-electron chi connectivity index (χ3n) is 6.40. The molecule has 182 valence electrons. The first-order chi connectivity index (χ1) is 17.5. The molecule has 1 fully saturated rings. The van der Waals surface area contributed by atoms with Crippen LogP contribution in [0.3, 0.4) is 0 Å². The van der Waals surface area contributed by atoms with E-state index in [0.29, 0.717) is 30.1 Å². The largest absolute Gasteiger partial charge is 0.338 e. The highest BCUT2D eigenvalue weighted by Gasteiger charge is 2.21. The number of carbonyl (C=O) groups excluding carboxylic acids is 2. The van der Waals surface area contributed by atoms with Crippen molar-refractivity contribution in [3.8, 4) is 16.9 Å². The van der Waals surface area contributed by atoms with Gasteiger partial charge < -0.3 is 9.80 Å². The van der Waals surface area contributed by atoms with Crippen LogP contribution in [0.4, 0.5) is 0 Å². The minimum absolute atomic E-state index is 0.0842. The molecule has 6 nitrogen and oxygen atoms in total. The minimum atomic E-state index is -0.0842. The number of aromatic nitrogens is 2. The maximum Gasteiger partial charge on any atom is 0.253 e. The number of halogens is 1. The van der Waals surface area contributed by atoms with E-state index >= 15 is 0 Å². The predicted molar refractivity (Wildman–Crippen MR) is 141 cm³/mol. The van der Waals surface area contributed by atoms with Crippen LogP contribution in [-0.4, -0.2) is 45.0 Å². The highest BCUT2D eigenvalue weighted by molar-refractivity contribution is 6.30. The second kappa shape index (κ2) is 10.4. The number of hydrogen-bond acceptors (Lipinski definition) is 3. The molecule has 4 aromatic rings. The molecule has 1 aliphatic rings. The molecular weight excluding hydrogens is 472 g/mol. The summed E-state index contributed by atoms with van der Waals surface area (Å²) in [5.74, 6) is 0.0909. The quantitative estimate of drug-likeness (QED) is 0.334. The first-order valence-corrected chi connectivity index (χ1v) is 12.4. The summed E-state index contributed by atoms with van der Waals surface area (Å²) in [6, 6.07) is 25.0. The van der Waals surface area contributed by atoms with Gasteiger partial charge in [0.1, 0.15) is 0 Å². The van der Waals surface area contributed by atoms with Crippen LogP contribution in [-0.2, 0) is 17.9 Å². The van der Waals surface area contributed by atoms with Gasteiger partial charge >= 0.3 is 0 Å². The second-order valence-corrected chi connectivity index (χ2v) is 9.51. The Balaban J connectivity index is 1.40. The molecule has 7 heteroatoms. The summed E-state index contributed by atoms with van der Waals surface area (Å²) in [7, 11) is 1.80. The van der Waals surface area contributed by atoms with Crippen molar-refractivity contribution in [1.29, 1.82) is 0 Å². The zero-order valence-corrected chi connectivity index (χ0v) is 20.9. The number of para-hydroxylation sites is 1. The maximum atomic E-state index is 13.4. The first kappa shape index (κ1) is 23.8. The van der Waals surface area contributed by atoms with Crippen molar-refractivity contribution in [1.82, 2.24) is 19.6 Å². The summed E-state index contributed by atoms with van der Waals surface area (Å²) in [5, 5.41) is 5.50. The highest BCUT2D eigenvalue weighted by Crippen LogP contribution is 2.27. The molecule has 2 heterocycles. The van der Waals surface area contributed by atoms with Gasteiger partial charge in [-0.05, 0) is 48.4 Å². The number of carbonyl (C=O) groups is 2. The van der Waals surface area contributed by atoms with Gasteiger partial charge in [-0.15, -0.1) is 0 Å². The predicted octanol–water partition coefficient (Wildman–Crippen LogP) is 5.59. The Hall–Kier alpha value is -3.90.